The van der Waals surface area contributed by atoms with E-state index >= 15 is 0 Å². The Morgan fingerprint density at radius 1 is 1.47 bits per heavy atom. The van der Waals surface area contributed by atoms with E-state index in [1.54, 1.807) is 13.8 Å². The van der Waals surface area contributed by atoms with Gasteiger partial charge in [-0.2, -0.15) is 0 Å². The molecule has 92 valence electrons. The number of carbonyl (C=O) groups excluding carboxylic acids is 1. The molecule has 17 heavy (non-hydrogen) atoms. The van der Waals surface area contributed by atoms with Crippen LogP contribution in [0.5, 0.6) is 0 Å². The van der Waals surface area contributed by atoms with Crippen molar-refractivity contribution in [3.05, 3.63) is 29.3 Å². The Bertz CT molecular complexity index is 436. The average molecular weight is 234 g/mol. The lowest BCUT2D eigenvalue weighted by Gasteiger charge is -2.17. The van der Waals surface area contributed by atoms with Gasteiger partial charge in [0.2, 0.25) is 0 Å². The minimum absolute atomic E-state index is 0.00821. The van der Waals surface area contributed by atoms with Gasteiger partial charge in [-0.15, -0.1) is 0 Å². The SMILES string of the molecule is CC(C)(O)CCNc1ccc2c(c1)C(=O)NC2. The van der Waals surface area contributed by atoms with Crippen LogP contribution in [0.1, 0.15) is 36.2 Å². The third-order valence-electron chi connectivity index (χ3n) is 2.86. The Morgan fingerprint density at radius 3 is 2.94 bits per heavy atom. The van der Waals surface area contributed by atoms with Crippen LogP contribution < -0.4 is 10.6 Å². The van der Waals surface area contributed by atoms with E-state index in [1.165, 1.54) is 0 Å². The van der Waals surface area contributed by atoms with E-state index in [-0.39, 0.29) is 5.91 Å². The van der Waals surface area contributed by atoms with Crippen LogP contribution in [-0.2, 0) is 6.54 Å². The Kier molecular flexibility index (Phi) is 3.07. The van der Waals surface area contributed by atoms with Gasteiger partial charge in [-0.05, 0) is 38.0 Å². The number of aliphatic hydroxyl groups is 1. The summed E-state index contributed by atoms with van der Waals surface area (Å²) < 4.78 is 0. The van der Waals surface area contributed by atoms with E-state index in [9.17, 15) is 9.90 Å². The highest BCUT2D eigenvalue weighted by atomic mass is 16.3. The second-order valence-corrected chi connectivity index (χ2v) is 5.04. The molecule has 0 unspecified atom stereocenters. The molecule has 2 rings (SSSR count). The fourth-order valence-electron chi connectivity index (χ4n) is 1.84. The van der Waals surface area contributed by atoms with Gasteiger partial charge in [-0.1, -0.05) is 6.07 Å². The van der Waals surface area contributed by atoms with E-state index in [0.717, 1.165) is 16.8 Å². The minimum Gasteiger partial charge on any atom is -0.390 e. The fraction of sp³-hybridized carbons (Fsp3) is 0.462. The van der Waals surface area contributed by atoms with Gasteiger partial charge in [0.05, 0.1) is 5.60 Å². The van der Waals surface area contributed by atoms with Crippen LogP contribution in [0.3, 0.4) is 0 Å². The first-order chi connectivity index (χ1) is 7.96. The molecule has 1 amide bonds. The smallest absolute Gasteiger partial charge is 0.251 e. The van der Waals surface area contributed by atoms with Gasteiger partial charge < -0.3 is 15.7 Å². The van der Waals surface area contributed by atoms with Crippen LogP contribution in [0.2, 0.25) is 0 Å². The summed E-state index contributed by atoms with van der Waals surface area (Å²) in [6, 6.07) is 5.78. The first-order valence-corrected chi connectivity index (χ1v) is 5.83. The van der Waals surface area contributed by atoms with Gasteiger partial charge in [-0.3, -0.25) is 4.79 Å². The molecule has 1 aliphatic heterocycles. The quantitative estimate of drug-likeness (QED) is 0.740. The Morgan fingerprint density at radius 2 is 2.24 bits per heavy atom. The number of anilines is 1. The van der Waals surface area contributed by atoms with E-state index in [4.69, 9.17) is 0 Å². The Labute approximate surface area is 101 Å². The van der Waals surface area contributed by atoms with Crippen molar-refractivity contribution in [1.29, 1.82) is 0 Å². The molecule has 1 heterocycles. The monoisotopic (exact) mass is 234 g/mol. The summed E-state index contributed by atoms with van der Waals surface area (Å²) in [5.74, 6) is -0.00821. The highest BCUT2D eigenvalue weighted by Crippen LogP contribution is 2.20. The molecule has 3 N–H and O–H groups in total. The normalized spacial score (nSPS) is 14.4. The molecule has 0 fully saturated rings. The number of amides is 1. The number of fused-ring (bicyclic) bond motifs is 1. The lowest BCUT2D eigenvalue weighted by molar-refractivity contribution is 0.0748. The fourth-order valence-corrected chi connectivity index (χ4v) is 1.84. The van der Waals surface area contributed by atoms with Gasteiger partial charge in [0.15, 0.2) is 0 Å². The van der Waals surface area contributed by atoms with Crippen molar-refractivity contribution in [1.82, 2.24) is 5.32 Å². The zero-order chi connectivity index (χ0) is 12.5. The molecular weight excluding hydrogens is 216 g/mol. The summed E-state index contributed by atoms with van der Waals surface area (Å²) in [5.41, 5.74) is 2.05. The van der Waals surface area contributed by atoms with E-state index in [1.807, 2.05) is 18.2 Å². The van der Waals surface area contributed by atoms with Crippen molar-refractivity contribution in [3.63, 3.8) is 0 Å². The van der Waals surface area contributed by atoms with Crippen LogP contribution in [0.25, 0.3) is 0 Å². The van der Waals surface area contributed by atoms with E-state index in [2.05, 4.69) is 10.6 Å². The first kappa shape index (κ1) is 11.9. The molecule has 4 heteroatoms. The molecule has 0 radical (unpaired) electrons. The van der Waals surface area contributed by atoms with E-state index < -0.39 is 5.60 Å². The Hall–Kier alpha value is -1.55. The van der Waals surface area contributed by atoms with Crippen LogP contribution in [0.4, 0.5) is 5.69 Å². The third kappa shape index (κ3) is 2.97. The zero-order valence-electron chi connectivity index (χ0n) is 10.2. The van der Waals surface area contributed by atoms with Crippen molar-refractivity contribution >= 4 is 11.6 Å². The summed E-state index contributed by atoms with van der Waals surface area (Å²) in [7, 11) is 0. The summed E-state index contributed by atoms with van der Waals surface area (Å²) >= 11 is 0. The largest absolute Gasteiger partial charge is 0.390 e. The molecule has 1 aromatic carbocycles. The zero-order valence-corrected chi connectivity index (χ0v) is 10.2. The highest BCUT2D eigenvalue weighted by molar-refractivity contribution is 5.99. The number of rotatable bonds is 4. The number of carbonyl (C=O) groups is 1. The van der Waals surface area contributed by atoms with E-state index in [0.29, 0.717) is 19.5 Å². The molecule has 4 nitrogen and oxygen atoms in total. The van der Waals surface area contributed by atoms with Gasteiger partial charge in [-0.25, -0.2) is 0 Å². The summed E-state index contributed by atoms with van der Waals surface area (Å²) in [5, 5.41) is 15.6. The molecule has 0 saturated heterocycles. The minimum atomic E-state index is -0.666. The number of hydrogen-bond acceptors (Lipinski definition) is 3. The molecule has 1 aliphatic rings. The molecular formula is C13H18N2O2. The third-order valence-corrected chi connectivity index (χ3v) is 2.86. The van der Waals surface area contributed by atoms with Gasteiger partial charge >= 0.3 is 0 Å². The van der Waals surface area contributed by atoms with Crippen LogP contribution in [0, 0.1) is 0 Å². The van der Waals surface area contributed by atoms with Crippen LogP contribution >= 0.6 is 0 Å². The maximum atomic E-state index is 11.5. The summed E-state index contributed by atoms with van der Waals surface area (Å²) in [4.78, 5) is 11.5. The number of benzene rings is 1. The van der Waals surface area contributed by atoms with Crippen molar-refractivity contribution in [2.45, 2.75) is 32.4 Å². The molecule has 0 aromatic heterocycles. The Balaban J connectivity index is 1.99. The summed E-state index contributed by atoms with van der Waals surface area (Å²) in [6.07, 6.45) is 0.663. The van der Waals surface area contributed by atoms with Crippen molar-refractivity contribution in [2.24, 2.45) is 0 Å². The predicted octanol–water partition coefficient (Wildman–Crippen LogP) is 1.50. The lowest BCUT2D eigenvalue weighted by atomic mass is 10.1. The topological polar surface area (TPSA) is 61.4 Å². The van der Waals surface area contributed by atoms with Crippen LogP contribution in [-0.4, -0.2) is 23.2 Å². The van der Waals surface area contributed by atoms with Crippen LogP contribution in [0.15, 0.2) is 18.2 Å². The molecule has 0 bridgehead atoms. The van der Waals surface area contributed by atoms with Gasteiger partial charge in [0.25, 0.3) is 5.91 Å². The van der Waals surface area contributed by atoms with Gasteiger partial charge in [0.1, 0.15) is 0 Å². The van der Waals surface area contributed by atoms with Crippen molar-refractivity contribution in [3.8, 4) is 0 Å². The number of hydrogen-bond donors (Lipinski definition) is 3. The molecule has 0 saturated carbocycles. The molecule has 0 atom stereocenters. The average Bonchev–Trinajstić information content (AvgIpc) is 2.59. The predicted molar refractivity (Wildman–Crippen MR) is 67.0 cm³/mol. The second kappa shape index (κ2) is 4.37. The standard InChI is InChI=1S/C13H18N2O2/c1-13(2,17)5-6-14-10-4-3-9-8-15-12(16)11(9)7-10/h3-4,7,14,17H,5-6,8H2,1-2H3,(H,15,16). The maximum absolute atomic E-state index is 11.5. The maximum Gasteiger partial charge on any atom is 0.251 e. The molecule has 0 spiro atoms. The number of nitrogens with one attached hydrogen (secondary N) is 2. The van der Waals surface area contributed by atoms with Crippen molar-refractivity contribution < 1.29 is 9.90 Å². The second-order valence-electron chi connectivity index (χ2n) is 5.04. The summed E-state index contributed by atoms with van der Waals surface area (Å²) in [6.45, 7) is 4.87. The van der Waals surface area contributed by atoms with Crippen molar-refractivity contribution in [2.75, 3.05) is 11.9 Å². The molecule has 1 aromatic rings. The molecule has 0 aliphatic carbocycles. The first-order valence-electron chi connectivity index (χ1n) is 5.83. The lowest BCUT2D eigenvalue weighted by Crippen LogP contribution is -2.22. The van der Waals surface area contributed by atoms with Gasteiger partial charge in [0, 0.05) is 24.3 Å². The highest BCUT2D eigenvalue weighted by Gasteiger charge is 2.18.